The van der Waals surface area contributed by atoms with Crippen LogP contribution in [0, 0.1) is 6.92 Å². The molecular weight excluding hydrogens is 476 g/mol. The van der Waals surface area contributed by atoms with Gasteiger partial charge in [0.15, 0.2) is 5.82 Å². The van der Waals surface area contributed by atoms with Crippen LogP contribution in [0.15, 0.2) is 127 Å². The van der Waals surface area contributed by atoms with Crippen LogP contribution in [0.5, 0.6) is 0 Å². The zero-order valence-electron chi connectivity index (χ0n) is 21.4. The largest absolute Gasteiger partial charge is 0.251 e. The second-order valence-corrected chi connectivity index (χ2v) is 9.60. The van der Waals surface area contributed by atoms with E-state index >= 15 is 0 Å². The number of nitrogens with zero attached hydrogens (tertiary/aromatic N) is 4. The van der Waals surface area contributed by atoms with Crippen molar-refractivity contribution in [1.29, 1.82) is 0 Å². The van der Waals surface area contributed by atoms with Gasteiger partial charge in [-0.1, -0.05) is 109 Å². The van der Waals surface area contributed by atoms with Crippen molar-refractivity contribution in [3.63, 3.8) is 0 Å². The Morgan fingerprint density at radius 1 is 0.436 bits per heavy atom. The first kappa shape index (κ1) is 22.9. The molecule has 0 radical (unpaired) electrons. The number of pyridine rings is 2. The van der Waals surface area contributed by atoms with Crippen LogP contribution < -0.4 is 0 Å². The van der Waals surface area contributed by atoms with Gasteiger partial charge in [0.25, 0.3) is 0 Å². The Labute approximate surface area is 226 Å². The molecular formula is C35H24N4. The lowest BCUT2D eigenvalue weighted by Gasteiger charge is -2.13. The van der Waals surface area contributed by atoms with Gasteiger partial charge in [-0.3, -0.25) is 4.98 Å². The minimum atomic E-state index is 0.669. The molecule has 7 rings (SSSR count). The normalized spacial score (nSPS) is 11.2. The highest BCUT2D eigenvalue weighted by Crippen LogP contribution is 2.36. The van der Waals surface area contributed by atoms with Gasteiger partial charge in [0.2, 0.25) is 0 Å². The summed E-state index contributed by atoms with van der Waals surface area (Å²) in [7, 11) is 0. The number of rotatable bonds is 4. The van der Waals surface area contributed by atoms with Crippen molar-refractivity contribution in [3.8, 4) is 45.2 Å². The Hall–Kier alpha value is -5.22. The van der Waals surface area contributed by atoms with Crippen LogP contribution in [0.25, 0.3) is 67.0 Å². The molecule has 0 fully saturated rings. The van der Waals surface area contributed by atoms with Crippen molar-refractivity contribution in [3.05, 3.63) is 133 Å². The van der Waals surface area contributed by atoms with Crippen LogP contribution in [-0.2, 0) is 0 Å². The third-order valence-corrected chi connectivity index (χ3v) is 6.95. The third-order valence-electron chi connectivity index (χ3n) is 6.95. The van der Waals surface area contributed by atoms with E-state index in [-0.39, 0.29) is 0 Å². The quantitative estimate of drug-likeness (QED) is 0.227. The van der Waals surface area contributed by atoms with Crippen molar-refractivity contribution in [2.24, 2.45) is 0 Å². The average Bonchev–Trinajstić information content (AvgIpc) is 3.01. The Kier molecular flexibility index (Phi) is 5.64. The molecule has 4 aromatic carbocycles. The minimum Gasteiger partial charge on any atom is -0.251 e. The van der Waals surface area contributed by atoms with Gasteiger partial charge in [-0.15, -0.1) is 0 Å². The fraction of sp³-hybridized carbons (Fsp3) is 0.0286. The van der Waals surface area contributed by atoms with Crippen LogP contribution in [0.4, 0.5) is 0 Å². The Bertz CT molecular complexity index is 1890. The van der Waals surface area contributed by atoms with E-state index in [4.69, 9.17) is 19.9 Å². The Morgan fingerprint density at radius 2 is 1.03 bits per heavy atom. The van der Waals surface area contributed by atoms with Crippen LogP contribution in [-0.4, -0.2) is 19.9 Å². The molecule has 3 heterocycles. The van der Waals surface area contributed by atoms with Gasteiger partial charge in [0, 0.05) is 27.6 Å². The van der Waals surface area contributed by atoms with E-state index in [0.29, 0.717) is 5.82 Å². The lowest BCUT2D eigenvalue weighted by atomic mass is 9.97. The highest BCUT2D eigenvalue weighted by molar-refractivity contribution is 6.09. The highest BCUT2D eigenvalue weighted by Gasteiger charge is 2.16. The molecule has 0 aliphatic carbocycles. The topological polar surface area (TPSA) is 51.6 Å². The molecule has 0 atom stereocenters. The molecule has 0 N–H and O–H groups in total. The molecule has 4 heteroatoms. The van der Waals surface area contributed by atoms with Gasteiger partial charge >= 0.3 is 0 Å². The number of fused-ring (bicyclic) bond motifs is 3. The Balaban J connectivity index is 1.55. The van der Waals surface area contributed by atoms with Gasteiger partial charge in [-0.05, 0) is 36.2 Å². The summed E-state index contributed by atoms with van der Waals surface area (Å²) >= 11 is 0. The fourth-order valence-corrected chi connectivity index (χ4v) is 5.01. The van der Waals surface area contributed by atoms with E-state index in [9.17, 15) is 0 Å². The smallest absolute Gasteiger partial charge is 0.160 e. The van der Waals surface area contributed by atoms with Crippen LogP contribution >= 0.6 is 0 Å². The van der Waals surface area contributed by atoms with E-state index in [2.05, 4.69) is 60.7 Å². The molecule has 0 spiro atoms. The van der Waals surface area contributed by atoms with Crippen molar-refractivity contribution < 1.29 is 0 Å². The van der Waals surface area contributed by atoms with Crippen molar-refractivity contribution in [1.82, 2.24) is 19.9 Å². The number of aromatic nitrogens is 4. The third kappa shape index (κ3) is 4.32. The van der Waals surface area contributed by atoms with E-state index < -0.39 is 0 Å². The second-order valence-electron chi connectivity index (χ2n) is 9.60. The maximum absolute atomic E-state index is 5.22. The van der Waals surface area contributed by atoms with Crippen LogP contribution in [0.2, 0.25) is 0 Å². The summed E-state index contributed by atoms with van der Waals surface area (Å²) in [6.07, 6.45) is 0. The lowest BCUT2D eigenvalue weighted by Crippen LogP contribution is -1.98. The van der Waals surface area contributed by atoms with E-state index in [1.807, 2.05) is 73.7 Å². The zero-order valence-corrected chi connectivity index (χ0v) is 21.4. The average molecular weight is 501 g/mol. The molecule has 0 aliphatic rings. The van der Waals surface area contributed by atoms with Crippen molar-refractivity contribution >= 4 is 21.8 Å². The number of aryl methyl sites for hydroxylation is 1. The minimum absolute atomic E-state index is 0.669. The van der Waals surface area contributed by atoms with E-state index in [0.717, 1.165) is 66.8 Å². The summed E-state index contributed by atoms with van der Waals surface area (Å²) < 4.78 is 0. The molecule has 0 bridgehead atoms. The molecule has 0 saturated carbocycles. The predicted molar refractivity (Wildman–Crippen MR) is 159 cm³/mol. The van der Waals surface area contributed by atoms with Crippen molar-refractivity contribution in [2.75, 3.05) is 0 Å². The summed E-state index contributed by atoms with van der Waals surface area (Å²) in [5, 5.41) is 2.13. The lowest BCUT2D eigenvalue weighted by molar-refractivity contribution is 1.17. The summed E-state index contributed by atoms with van der Waals surface area (Å²) in [6, 6.07) is 43.4. The first-order valence-corrected chi connectivity index (χ1v) is 13.0. The second kappa shape index (κ2) is 9.58. The summed E-state index contributed by atoms with van der Waals surface area (Å²) in [5.74, 6) is 0.669. The molecule has 0 saturated heterocycles. The standard InChI is InChI=1S/C35H24N4/c1-23-17-18-26-19-20-28-29(24-11-5-2-6-12-24)21-31(37-34(28)33(26)36-23)32-22-30(25-13-7-3-8-14-25)38-35(39-32)27-15-9-4-10-16-27/h2-22H,1H3. The maximum atomic E-state index is 5.22. The molecule has 3 aromatic heterocycles. The van der Waals surface area contributed by atoms with Gasteiger partial charge in [0.1, 0.15) is 0 Å². The Morgan fingerprint density at radius 3 is 1.74 bits per heavy atom. The highest BCUT2D eigenvalue weighted by atomic mass is 14.9. The molecule has 0 aliphatic heterocycles. The predicted octanol–water partition coefficient (Wildman–Crippen LogP) is 8.55. The maximum Gasteiger partial charge on any atom is 0.160 e. The van der Waals surface area contributed by atoms with Gasteiger partial charge < -0.3 is 0 Å². The van der Waals surface area contributed by atoms with E-state index in [1.165, 1.54) is 0 Å². The van der Waals surface area contributed by atoms with Crippen LogP contribution in [0.1, 0.15) is 5.69 Å². The fourth-order valence-electron chi connectivity index (χ4n) is 5.01. The van der Waals surface area contributed by atoms with E-state index in [1.54, 1.807) is 0 Å². The molecule has 0 amide bonds. The first-order chi connectivity index (χ1) is 19.2. The number of hydrogen-bond acceptors (Lipinski definition) is 4. The summed E-state index contributed by atoms with van der Waals surface area (Å²) in [4.78, 5) is 20.1. The first-order valence-electron chi connectivity index (χ1n) is 13.0. The SMILES string of the molecule is Cc1ccc2ccc3c(-c4ccccc4)cc(-c4cc(-c5ccccc5)nc(-c5ccccc5)n4)nc3c2n1. The van der Waals surface area contributed by atoms with Crippen LogP contribution in [0.3, 0.4) is 0 Å². The van der Waals surface area contributed by atoms with Crippen molar-refractivity contribution in [2.45, 2.75) is 6.92 Å². The molecule has 7 aromatic rings. The van der Waals surface area contributed by atoms with Gasteiger partial charge in [-0.2, -0.15) is 0 Å². The molecule has 0 unspecified atom stereocenters. The summed E-state index contributed by atoms with van der Waals surface area (Å²) in [5.41, 5.74) is 9.35. The monoisotopic (exact) mass is 500 g/mol. The number of benzene rings is 4. The molecule has 39 heavy (non-hydrogen) atoms. The zero-order chi connectivity index (χ0) is 26.2. The summed E-state index contributed by atoms with van der Waals surface area (Å²) in [6.45, 7) is 2.02. The molecule has 184 valence electrons. The molecule has 4 nitrogen and oxygen atoms in total. The number of hydrogen-bond donors (Lipinski definition) is 0. The van der Waals surface area contributed by atoms with Gasteiger partial charge in [-0.25, -0.2) is 15.0 Å². The van der Waals surface area contributed by atoms with Gasteiger partial charge in [0.05, 0.1) is 28.1 Å².